The predicted octanol–water partition coefficient (Wildman–Crippen LogP) is 2.81. The molecule has 0 fully saturated rings. The Balaban J connectivity index is 2.56. The van der Waals surface area contributed by atoms with Crippen molar-refractivity contribution in [1.29, 1.82) is 0 Å². The van der Waals surface area contributed by atoms with E-state index in [0.717, 1.165) is 6.42 Å². The van der Waals surface area contributed by atoms with Gasteiger partial charge in [0.25, 0.3) is 5.75 Å². The highest BCUT2D eigenvalue weighted by Crippen LogP contribution is 2.33. The van der Waals surface area contributed by atoms with Crippen LogP contribution in [0, 0.1) is 0 Å². The number of hydrogen-bond donors (Lipinski definition) is 1. The van der Waals surface area contributed by atoms with Crippen LogP contribution in [-0.4, -0.2) is 12.2 Å². The summed E-state index contributed by atoms with van der Waals surface area (Å²) < 4.78 is 15.2. The minimum Gasteiger partial charge on any atom is -0.504 e. The Morgan fingerprint density at radius 2 is 2.21 bits per heavy atom. The van der Waals surface area contributed by atoms with Gasteiger partial charge in [0.2, 0.25) is 0 Å². The van der Waals surface area contributed by atoms with E-state index in [4.69, 9.17) is 13.9 Å². The van der Waals surface area contributed by atoms with E-state index >= 15 is 0 Å². The lowest BCUT2D eigenvalue weighted by atomic mass is 10.2. The highest BCUT2D eigenvalue weighted by atomic mass is 16.5. The number of aromatic hydroxyl groups is 1. The minimum absolute atomic E-state index is 0.220. The molecule has 0 bridgehead atoms. The fourth-order valence-corrected chi connectivity index (χ4v) is 1.59. The van der Waals surface area contributed by atoms with E-state index in [9.17, 15) is 9.90 Å². The number of fused-ring (bicyclic) bond motifs is 1. The zero-order chi connectivity index (χ0) is 13.8. The van der Waals surface area contributed by atoms with Gasteiger partial charge in [0, 0.05) is 6.07 Å². The average molecular weight is 262 g/mol. The van der Waals surface area contributed by atoms with Gasteiger partial charge in [0.05, 0.1) is 18.8 Å². The van der Waals surface area contributed by atoms with Crippen LogP contribution in [0.2, 0.25) is 0 Å². The minimum atomic E-state index is -0.737. The van der Waals surface area contributed by atoms with Crippen molar-refractivity contribution in [2.75, 3.05) is 7.11 Å². The third-order valence-corrected chi connectivity index (χ3v) is 2.56. The summed E-state index contributed by atoms with van der Waals surface area (Å²) in [6.07, 6.45) is 3.83. The number of hydrogen-bond acceptors (Lipinski definition) is 5. The Morgan fingerprint density at radius 1 is 1.42 bits per heavy atom. The summed E-state index contributed by atoms with van der Waals surface area (Å²) in [5.74, 6) is 0.0756. The lowest BCUT2D eigenvalue weighted by Gasteiger charge is -2.06. The highest BCUT2D eigenvalue weighted by molar-refractivity contribution is 5.86. The molecule has 0 spiro atoms. The van der Waals surface area contributed by atoms with Gasteiger partial charge in [-0.25, -0.2) is 4.79 Å². The molecule has 0 aliphatic carbocycles. The Hall–Kier alpha value is -2.43. The van der Waals surface area contributed by atoms with Gasteiger partial charge in [0.1, 0.15) is 11.3 Å². The van der Waals surface area contributed by atoms with E-state index in [2.05, 4.69) is 0 Å². The van der Waals surface area contributed by atoms with Crippen molar-refractivity contribution in [2.45, 2.75) is 13.3 Å². The number of allylic oxidation sites excluding steroid dienone is 1. The van der Waals surface area contributed by atoms with Crippen LogP contribution in [0.15, 0.2) is 39.7 Å². The topological polar surface area (TPSA) is 68.9 Å². The molecule has 1 aromatic heterocycles. The number of ether oxygens (including phenoxy) is 2. The molecule has 100 valence electrons. The van der Waals surface area contributed by atoms with Gasteiger partial charge >= 0.3 is 5.63 Å². The van der Waals surface area contributed by atoms with Crippen LogP contribution in [0.3, 0.4) is 0 Å². The molecule has 0 unspecified atom stereocenters. The Labute approximate surface area is 109 Å². The molecule has 0 aliphatic rings. The largest absolute Gasteiger partial charge is 0.504 e. The van der Waals surface area contributed by atoms with Gasteiger partial charge in [-0.15, -0.1) is 0 Å². The van der Waals surface area contributed by atoms with Crippen LogP contribution in [0.4, 0.5) is 0 Å². The van der Waals surface area contributed by atoms with E-state index < -0.39 is 5.63 Å². The van der Waals surface area contributed by atoms with Gasteiger partial charge in [-0.1, -0.05) is 6.92 Å². The van der Waals surface area contributed by atoms with Crippen molar-refractivity contribution < 1.29 is 19.0 Å². The number of benzene rings is 1. The maximum atomic E-state index is 11.7. The molecule has 2 rings (SSSR count). The molecule has 1 aromatic carbocycles. The summed E-state index contributed by atoms with van der Waals surface area (Å²) in [5, 5.41) is 10.4. The smallest absolute Gasteiger partial charge is 0.383 e. The van der Waals surface area contributed by atoms with Crippen molar-refractivity contribution in [3.8, 4) is 17.2 Å². The first kappa shape index (κ1) is 13.0. The molecule has 5 heteroatoms. The predicted molar refractivity (Wildman–Crippen MR) is 70.8 cm³/mol. The molecule has 0 saturated carbocycles. The van der Waals surface area contributed by atoms with E-state index in [1.54, 1.807) is 18.2 Å². The molecule has 19 heavy (non-hydrogen) atoms. The second kappa shape index (κ2) is 5.48. The van der Waals surface area contributed by atoms with Gasteiger partial charge in [0.15, 0.2) is 5.75 Å². The van der Waals surface area contributed by atoms with Crippen LogP contribution in [-0.2, 0) is 0 Å². The van der Waals surface area contributed by atoms with Crippen molar-refractivity contribution >= 4 is 11.0 Å². The quantitative estimate of drug-likeness (QED) is 0.677. The van der Waals surface area contributed by atoms with Gasteiger partial charge in [-0.3, -0.25) is 0 Å². The first-order valence-corrected chi connectivity index (χ1v) is 5.82. The summed E-state index contributed by atoms with van der Waals surface area (Å²) in [7, 11) is 1.51. The Morgan fingerprint density at radius 3 is 2.89 bits per heavy atom. The molecule has 0 atom stereocenters. The normalized spacial score (nSPS) is 11.1. The Kier molecular flexibility index (Phi) is 3.75. The molecule has 0 aliphatic heterocycles. The summed E-state index contributed by atoms with van der Waals surface area (Å²) in [6.45, 7) is 1.93. The lowest BCUT2D eigenvalue weighted by molar-refractivity contribution is 0.384. The average Bonchev–Trinajstić information content (AvgIpc) is 2.41. The Bertz CT molecular complexity index is 669. The second-order valence-corrected chi connectivity index (χ2v) is 3.83. The first-order chi connectivity index (χ1) is 9.17. The first-order valence-electron chi connectivity index (χ1n) is 5.82. The standard InChI is InChI=1S/C14H14O5/c1-3-4-7-18-13-12(15)10-6-5-9(17-2)8-11(10)19-14(13)16/h4-8,15H,3H2,1-2H3. The highest BCUT2D eigenvalue weighted by Gasteiger charge is 2.15. The van der Waals surface area contributed by atoms with Crippen LogP contribution >= 0.6 is 0 Å². The molecule has 0 radical (unpaired) electrons. The fourth-order valence-electron chi connectivity index (χ4n) is 1.59. The van der Waals surface area contributed by atoms with Gasteiger partial charge in [-0.05, 0) is 24.6 Å². The number of rotatable bonds is 4. The third kappa shape index (κ3) is 2.54. The molecule has 5 nitrogen and oxygen atoms in total. The van der Waals surface area contributed by atoms with Crippen LogP contribution in [0.1, 0.15) is 13.3 Å². The van der Waals surface area contributed by atoms with E-state index in [1.165, 1.54) is 19.4 Å². The monoisotopic (exact) mass is 262 g/mol. The summed E-state index contributed by atoms with van der Waals surface area (Å²) in [6, 6.07) is 4.79. The molecule has 1 heterocycles. The van der Waals surface area contributed by atoms with Crippen LogP contribution in [0.5, 0.6) is 17.2 Å². The SMILES string of the molecule is CCC=COc1c(O)c2ccc(OC)cc2oc1=O. The third-order valence-electron chi connectivity index (χ3n) is 2.56. The molecule has 1 N–H and O–H groups in total. The maximum absolute atomic E-state index is 11.7. The van der Waals surface area contributed by atoms with E-state index in [1.807, 2.05) is 6.92 Å². The van der Waals surface area contributed by atoms with Gasteiger partial charge < -0.3 is 19.0 Å². The van der Waals surface area contributed by atoms with E-state index in [0.29, 0.717) is 11.1 Å². The van der Waals surface area contributed by atoms with Gasteiger partial charge in [-0.2, -0.15) is 0 Å². The van der Waals surface area contributed by atoms with Crippen molar-refractivity contribution in [3.05, 3.63) is 41.0 Å². The summed E-state index contributed by atoms with van der Waals surface area (Å²) in [5.41, 5.74) is -0.493. The maximum Gasteiger partial charge on any atom is 0.383 e. The zero-order valence-electron chi connectivity index (χ0n) is 10.7. The molecular weight excluding hydrogens is 248 g/mol. The zero-order valence-corrected chi connectivity index (χ0v) is 10.7. The molecule has 0 amide bonds. The van der Waals surface area contributed by atoms with Crippen molar-refractivity contribution in [3.63, 3.8) is 0 Å². The molecule has 2 aromatic rings. The molecular formula is C14H14O5. The van der Waals surface area contributed by atoms with E-state index in [-0.39, 0.29) is 17.1 Å². The number of methoxy groups -OCH3 is 1. The second-order valence-electron chi connectivity index (χ2n) is 3.83. The van der Waals surface area contributed by atoms with Crippen molar-refractivity contribution in [1.82, 2.24) is 0 Å². The summed E-state index contributed by atoms with van der Waals surface area (Å²) in [4.78, 5) is 11.7. The summed E-state index contributed by atoms with van der Waals surface area (Å²) >= 11 is 0. The fraction of sp³-hybridized carbons (Fsp3) is 0.214. The van der Waals surface area contributed by atoms with Crippen LogP contribution in [0.25, 0.3) is 11.0 Å². The molecule has 0 saturated heterocycles. The van der Waals surface area contributed by atoms with Crippen LogP contribution < -0.4 is 15.1 Å². The van der Waals surface area contributed by atoms with Crippen molar-refractivity contribution in [2.24, 2.45) is 0 Å². The lowest BCUT2D eigenvalue weighted by Crippen LogP contribution is -2.03.